The fraction of sp³-hybridized carbons (Fsp3) is 0.611. The quantitative estimate of drug-likeness (QED) is 0.599. The number of carbonyl (C=O) groups is 1. The van der Waals surface area contributed by atoms with E-state index in [2.05, 4.69) is 19.2 Å². The molecule has 0 bridgehead atoms. The Kier molecular flexibility index (Phi) is 6.25. The van der Waals surface area contributed by atoms with E-state index in [1.807, 2.05) is 24.3 Å². The molecule has 1 atom stereocenters. The van der Waals surface area contributed by atoms with Crippen LogP contribution in [-0.2, 0) is 16.1 Å². The lowest BCUT2D eigenvalue weighted by Gasteiger charge is -2.21. The van der Waals surface area contributed by atoms with E-state index >= 15 is 0 Å². The fourth-order valence-electron chi connectivity index (χ4n) is 2.86. The van der Waals surface area contributed by atoms with Crippen molar-refractivity contribution in [2.75, 3.05) is 5.73 Å². The fourth-order valence-corrected chi connectivity index (χ4v) is 2.86. The Balaban J connectivity index is 1.89. The topological polar surface area (TPSA) is 64.3 Å². The van der Waals surface area contributed by atoms with Crippen LogP contribution in [0.4, 0.5) is 5.69 Å². The summed E-state index contributed by atoms with van der Waals surface area (Å²) in [5.74, 6) is 0.344. The molecule has 3 N–H and O–H groups in total. The maximum Gasteiger partial charge on any atom is 0.323 e. The molecule has 0 spiro atoms. The first kappa shape index (κ1) is 16.8. The molecule has 1 unspecified atom stereocenters. The minimum atomic E-state index is -0.238. The maximum atomic E-state index is 12.4. The highest BCUT2D eigenvalue weighted by Crippen LogP contribution is 2.22. The van der Waals surface area contributed by atoms with Gasteiger partial charge in [0.2, 0.25) is 0 Å². The van der Waals surface area contributed by atoms with E-state index < -0.39 is 0 Å². The Labute approximate surface area is 133 Å². The molecule has 4 heteroatoms. The van der Waals surface area contributed by atoms with Crippen LogP contribution in [0.2, 0.25) is 0 Å². The van der Waals surface area contributed by atoms with E-state index in [0.29, 0.717) is 12.5 Å². The molecule has 1 aromatic carbocycles. The number of rotatable bonds is 7. The van der Waals surface area contributed by atoms with Crippen LogP contribution in [0.1, 0.15) is 51.5 Å². The lowest BCUT2D eigenvalue weighted by atomic mass is 10.0. The second-order valence-corrected chi connectivity index (χ2v) is 6.65. The van der Waals surface area contributed by atoms with Crippen molar-refractivity contribution in [3.8, 4) is 0 Å². The van der Waals surface area contributed by atoms with Crippen molar-refractivity contribution in [2.24, 2.45) is 5.92 Å². The second-order valence-electron chi connectivity index (χ2n) is 6.65. The van der Waals surface area contributed by atoms with Gasteiger partial charge in [-0.25, -0.2) is 0 Å². The Hall–Kier alpha value is -1.55. The highest BCUT2D eigenvalue weighted by Gasteiger charge is 2.25. The molecule has 0 heterocycles. The second kappa shape index (κ2) is 8.18. The number of nitrogens with one attached hydrogen (secondary N) is 1. The monoisotopic (exact) mass is 304 g/mol. The van der Waals surface area contributed by atoms with Gasteiger partial charge in [0.05, 0.1) is 0 Å². The third-order valence-corrected chi connectivity index (χ3v) is 4.11. The maximum absolute atomic E-state index is 12.4. The molecule has 0 saturated heterocycles. The Bertz CT molecular complexity index is 464. The number of hydrogen-bond donors (Lipinski definition) is 2. The number of hydrogen-bond acceptors (Lipinski definition) is 4. The summed E-state index contributed by atoms with van der Waals surface area (Å²) in [5, 5.41) is 3.35. The van der Waals surface area contributed by atoms with Crippen LogP contribution in [0.25, 0.3) is 0 Å². The third-order valence-electron chi connectivity index (χ3n) is 4.11. The van der Waals surface area contributed by atoms with E-state index in [1.54, 1.807) is 0 Å². The summed E-state index contributed by atoms with van der Waals surface area (Å²) in [6.07, 6.45) is 5.29. The molecule has 1 aliphatic carbocycles. The zero-order valence-electron chi connectivity index (χ0n) is 13.7. The van der Waals surface area contributed by atoms with E-state index in [-0.39, 0.29) is 18.1 Å². The van der Waals surface area contributed by atoms with Crippen molar-refractivity contribution in [2.45, 2.75) is 64.6 Å². The van der Waals surface area contributed by atoms with Gasteiger partial charge in [-0.1, -0.05) is 26.0 Å². The summed E-state index contributed by atoms with van der Waals surface area (Å²) in [7, 11) is 0. The van der Waals surface area contributed by atoms with Gasteiger partial charge in [0.1, 0.15) is 12.1 Å². The largest absolute Gasteiger partial charge is 0.461 e. The molecular weight excluding hydrogens is 276 g/mol. The first-order chi connectivity index (χ1) is 10.5. The van der Waals surface area contributed by atoms with Gasteiger partial charge in [-0.05, 0) is 55.7 Å². The molecule has 0 aliphatic heterocycles. The zero-order chi connectivity index (χ0) is 15.9. The van der Waals surface area contributed by atoms with Crippen LogP contribution in [0.3, 0.4) is 0 Å². The number of nitrogens with two attached hydrogens (primary N) is 1. The summed E-state index contributed by atoms with van der Waals surface area (Å²) < 4.78 is 5.66. The highest BCUT2D eigenvalue weighted by molar-refractivity contribution is 5.76. The number of carbonyl (C=O) groups excluding carboxylic acids is 1. The molecule has 1 aromatic rings. The zero-order valence-corrected chi connectivity index (χ0v) is 13.7. The Morgan fingerprint density at radius 1 is 1.27 bits per heavy atom. The van der Waals surface area contributed by atoms with E-state index in [0.717, 1.165) is 30.5 Å². The molecule has 1 saturated carbocycles. The van der Waals surface area contributed by atoms with Gasteiger partial charge >= 0.3 is 5.97 Å². The number of esters is 1. The third kappa shape index (κ3) is 5.34. The van der Waals surface area contributed by atoms with Crippen LogP contribution in [0.5, 0.6) is 0 Å². The standard InChI is InChI=1S/C18H28N2O2/c1-13(2)11-17(18(21)22-16-5-3-4-6-16)20-12-14-7-9-15(19)10-8-14/h7-10,13,16-17,20H,3-6,11-12,19H2,1-2H3. The molecule has 0 aromatic heterocycles. The van der Waals surface area contributed by atoms with Gasteiger partial charge in [0.15, 0.2) is 0 Å². The molecule has 2 rings (SSSR count). The summed E-state index contributed by atoms with van der Waals surface area (Å²) in [6, 6.07) is 7.49. The minimum absolute atomic E-state index is 0.101. The predicted octanol–water partition coefficient (Wildman–Crippen LogP) is 3.26. The first-order valence-corrected chi connectivity index (χ1v) is 8.33. The average Bonchev–Trinajstić information content (AvgIpc) is 2.97. The number of ether oxygens (including phenoxy) is 1. The highest BCUT2D eigenvalue weighted by atomic mass is 16.5. The van der Waals surface area contributed by atoms with Crippen LogP contribution in [0, 0.1) is 5.92 Å². The van der Waals surface area contributed by atoms with Crippen LogP contribution in [-0.4, -0.2) is 18.1 Å². The van der Waals surface area contributed by atoms with Gasteiger partial charge in [-0.2, -0.15) is 0 Å². The van der Waals surface area contributed by atoms with Crippen LogP contribution >= 0.6 is 0 Å². The first-order valence-electron chi connectivity index (χ1n) is 8.33. The van der Waals surface area contributed by atoms with E-state index in [9.17, 15) is 4.79 Å². The molecule has 0 radical (unpaired) electrons. The summed E-state index contributed by atoms with van der Waals surface area (Å²) in [5.41, 5.74) is 7.57. The average molecular weight is 304 g/mol. The van der Waals surface area contributed by atoms with Gasteiger partial charge < -0.3 is 15.8 Å². The van der Waals surface area contributed by atoms with Crippen molar-refractivity contribution in [1.29, 1.82) is 0 Å². The lowest BCUT2D eigenvalue weighted by molar-refractivity contribution is -0.151. The SMILES string of the molecule is CC(C)CC(NCc1ccc(N)cc1)C(=O)OC1CCCC1. The normalized spacial score (nSPS) is 16.9. The molecular formula is C18H28N2O2. The molecule has 22 heavy (non-hydrogen) atoms. The van der Waals surface area contributed by atoms with Crippen molar-refractivity contribution in [3.05, 3.63) is 29.8 Å². The molecule has 122 valence electrons. The van der Waals surface area contributed by atoms with Crippen LogP contribution in [0.15, 0.2) is 24.3 Å². The summed E-state index contributed by atoms with van der Waals surface area (Å²) in [6.45, 7) is 4.90. The van der Waals surface area contributed by atoms with E-state index in [1.165, 1.54) is 12.8 Å². The minimum Gasteiger partial charge on any atom is -0.461 e. The van der Waals surface area contributed by atoms with Gasteiger partial charge in [-0.15, -0.1) is 0 Å². The lowest BCUT2D eigenvalue weighted by Crippen LogP contribution is -2.40. The Morgan fingerprint density at radius 2 is 1.91 bits per heavy atom. The predicted molar refractivity (Wildman–Crippen MR) is 89.3 cm³/mol. The number of nitrogen functional groups attached to an aromatic ring is 1. The summed E-state index contributed by atoms with van der Waals surface area (Å²) >= 11 is 0. The molecule has 1 aliphatic rings. The van der Waals surface area contributed by atoms with Crippen molar-refractivity contribution < 1.29 is 9.53 Å². The smallest absolute Gasteiger partial charge is 0.323 e. The van der Waals surface area contributed by atoms with Gasteiger partial charge in [0.25, 0.3) is 0 Å². The van der Waals surface area contributed by atoms with Crippen LogP contribution < -0.4 is 11.1 Å². The van der Waals surface area contributed by atoms with Crippen molar-refractivity contribution >= 4 is 11.7 Å². The number of benzene rings is 1. The molecule has 0 amide bonds. The van der Waals surface area contributed by atoms with Crippen molar-refractivity contribution in [1.82, 2.24) is 5.32 Å². The molecule has 4 nitrogen and oxygen atoms in total. The van der Waals surface area contributed by atoms with Crippen molar-refractivity contribution in [3.63, 3.8) is 0 Å². The van der Waals surface area contributed by atoms with E-state index in [4.69, 9.17) is 10.5 Å². The number of anilines is 1. The molecule has 1 fully saturated rings. The summed E-state index contributed by atoms with van der Waals surface area (Å²) in [4.78, 5) is 12.4. The van der Waals surface area contributed by atoms with Gasteiger partial charge in [-0.3, -0.25) is 4.79 Å². The Morgan fingerprint density at radius 3 is 2.50 bits per heavy atom. The van der Waals surface area contributed by atoms with Gasteiger partial charge in [0, 0.05) is 12.2 Å².